The molecule has 0 aliphatic rings. The van der Waals surface area contributed by atoms with Crippen LogP contribution < -0.4 is 0 Å². The van der Waals surface area contributed by atoms with E-state index in [2.05, 4.69) is 15.2 Å². The van der Waals surface area contributed by atoms with Crippen molar-refractivity contribution < 1.29 is 9.90 Å². The third-order valence-corrected chi connectivity index (χ3v) is 1.86. The van der Waals surface area contributed by atoms with Crippen LogP contribution in [0.4, 0.5) is 0 Å². The third-order valence-electron chi connectivity index (χ3n) is 1.86. The van der Waals surface area contributed by atoms with Crippen molar-refractivity contribution in [2.75, 3.05) is 0 Å². The van der Waals surface area contributed by atoms with Crippen LogP contribution in [0, 0.1) is 0 Å². The Balaban J connectivity index is 2.95. The molecule has 0 atom stereocenters. The van der Waals surface area contributed by atoms with Gasteiger partial charge in [0.25, 0.3) is 0 Å². The highest BCUT2D eigenvalue weighted by molar-refractivity contribution is 5.68. The maximum atomic E-state index is 10.4. The van der Waals surface area contributed by atoms with Crippen molar-refractivity contribution in [3.05, 3.63) is 17.2 Å². The summed E-state index contributed by atoms with van der Waals surface area (Å²) in [6.45, 7) is 3.94. The van der Waals surface area contributed by atoms with E-state index in [0.29, 0.717) is 0 Å². The summed E-state index contributed by atoms with van der Waals surface area (Å²) >= 11 is 0. The highest BCUT2D eigenvalue weighted by Gasteiger charge is 2.08. The third kappa shape index (κ3) is 2.48. The van der Waals surface area contributed by atoms with Crippen molar-refractivity contribution in [3.63, 3.8) is 0 Å². The van der Waals surface area contributed by atoms with Crippen LogP contribution in [0.2, 0.25) is 0 Å². The summed E-state index contributed by atoms with van der Waals surface area (Å²) in [7, 11) is 0. The Morgan fingerprint density at radius 3 is 2.36 bits per heavy atom. The number of hydrogen-bond donors (Lipinski definition) is 1. The minimum absolute atomic E-state index is 0.163. The first-order chi connectivity index (χ1) is 6.67. The molecule has 0 aromatic carbocycles. The SMILES string of the molecule is CCc1nnc(CC(=O)O)nc1CC. The second kappa shape index (κ2) is 4.64. The van der Waals surface area contributed by atoms with Gasteiger partial charge in [-0.1, -0.05) is 13.8 Å². The zero-order valence-corrected chi connectivity index (χ0v) is 8.32. The molecule has 14 heavy (non-hydrogen) atoms. The van der Waals surface area contributed by atoms with E-state index >= 15 is 0 Å². The van der Waals surface area contributed by atoms with Gasteiger partial charge in [0.2, 0.25) is 0 Å². The van der Waals surface area contributed by atoms with Crippen LogP contribution in [0.25, 0.3) is 0 Å². The molecule has 0 fully saturated rings. The number of carboxylic acids is 1. The quantitative estimate of drug-likeness (QED) is 0.762. The average Bonchev–Trinajstić information content (AvgIpc) is 2.16. The number of hydrogen-bond acceptors (Lipinski definition) is 4. The van der Waals surface area contributed by atoms with Crippen LogP contribution >= 0.6 is 0 Å². The topological polar surface area (TPSA) is 76.0 Å². The predicted octanol–water partition coefficient (Wildman–Crippen LogP) is 0.623. The van der Waals surface area contributed by atoms with E-state index in [-0.39, 0.29) is 12.2 Å². The van der Waals surface area contributed by atoms with E-state index < -0.39 is 5.97 Å². The number of carboxylic acid groups (broad SMARTS) is 1. The van der Waals surface area contributed by atoms with Crippen LogP contribution in [0.1, 0.15) is 31.1 Å². The molecule has 0 aliphatic carbocycles. The summed E-state index contributed by atoms with van der Waals surface area (Å²) in [6, 6.07) is 0. The molecule has 76 valence electrons. The molecule has 1 aromatic rings. The first-order valence-electron chi connectivity index (χ1n) is 4.60. The molecule has 0 bridgehead atoms. The van der Waals surface area contributed by atoms with Crippen LogP contribution in [-0.4, -0.2) is 26.3 Å². The lowest BCUT2D eigenvalue weighted by atomic mass is 10.2. The summed E-state index contributed by atoms with van der Waals surface area (Å²) in [5.74, 6) is -0.648. The summed E-state index contributed by atoms with van der Waals surface area (Å²) in [6.07, 6.45) is 1.37. The van der Waals surface area contributed by atoms with Crippen molar-refractivity contribution in [2.24, 2.45) is 0 Å². The molecule has 1 N–H and O–H groups in total. The first-order valence-corrected chi connectivity index (χ1v) is 4.60. The summed E-state index contributed by atoms with van der Waals surface area (Å²) in [5, 5.41) is 16.3. The van der Waals surface area contributed by atoms with E-state index in [0.717, 1.165) is 24.2 Å². The van der Waals surface area contributed by atoms with Gasteiger partial charge in [0, 0.05) is 0 Å². The summed E-state index contributed by atoms with van der Waals surface area (Å²) in [5.41, 5.74) is 1.69. The number of aliphatic carboxylic acids is 1. The van der Waals surface area contributed by atoms with Gasteiger partial charge >= 0.3 is 5.97 Å². The van der Waals surface area contributed by atoms with Gasteiger partial charge in [-0.3, -0.25) is 4.79 Å². The number of nitrogens with zero attached hydrogens (tertiary/aromatic N) is 3. The van der Waals surface area contributed by atoms with Gasteiger partial charge in [0.05, 0.1) is 11.4 Å². The van der Waals surface area contributed by atoms with Crippen LogP contribution in [0.5, 0.6) is 0 Å². The Hall–Kier alpha value is -1.52. The second-order valence-electron chi connectivity index (χ2n) is 2.90. The highest BCUT2D eigenvalue weighted by Crippen LogP contribution is 2.04. The van der Waals surface area contributed by atoms with Gasteiger partial charge < -0.3 is 5.11 Å². The van der Waals surface area contributed by atoms with E-state index in [1.54, 1.807) is 0 Å². The molecule has 1 rings (SSSR count). The van der Waals surface area contributed by atoms with Gasteiger partial charge in [-0.15, -0.1) is 5.10 Å². The first kappa shape index (κ1) is 10.6. The fraction of sp³-hybridized carbons (Fsp3) is 0.556. The molecule has 0 aliphatic heterocycles. The Labute approximate surface area is 82.2 Å². The smallest absolute Gasteiger partial charge is 0.311 e. The van der Waals surface area contributed by atoms with Gasteiger partial charge in [-0.2, -0.15) is 5.10 Å². The lowest BCUT2D eigenvalue weighted by molar-refractivity contribution is -0.136. The Morgan fingerprint density at radius 1 is 1.21 bits per heavy atom. The fourth-order valence-electron chi connectivity index (χ4n) is 1.19. The maximum Gasteiger partial charge on any atom is 0.311 e. The van der Waals surface area contributed by atoms with Gasteiger partial charge in [0.1, 0.15) is 6.42 Å². The molecule has 0 amide bonds. The largest absolute Gasteiger partial charge is 0.481 e. The number of carbonyl (C=O) groups is 1. The van der Waals surface area contributed by atoms with Gasteiger partial charge in [0.15, 0.2) is 5.82 Å². The van der Waals surface area contributed by atoms with E-state index in [1.807, 2.05) is 13.8 Å². The minimum atomic E-state index is -0.932. The van der Waals surface area contributed by atoms with Crippen molar-refractivity contribution >= 4 is 5.97 Å². The molecule has 0 saturated carbocycles. The number of aromatic nitrogens is 3. The Bertz CT molecular complexity index is 339. The minimum Gasteiger partial charge on any atom is -0.481 e. The van der Waals surface area contributed by atoms with Crippen LogP contribution in [-0.2, 0) is 24.1 Å². The molecule has 1 heterocycles. The van der Waals surface area contributed by atoms with Gasteiger partial charge in [-0.25, -0.2) is 4.98 Å². The lowest BCUT2D eigenvalue weighted by Crippen LogP contribution is -2.10. The standard InChI is InChI=1S/C9H13N3O2/c1-3-6-7(4-2)11-12-8(10-6)5-9(13)14/h3-5H2,1-2H3,(H,13,14). The molecule has 0 radical (unpaired) electrons. The average molecular weight is 195 g/mol. The molecule has 0 saturated heterocycles. The fourth-order valence-corrected chi connectivity index (χ4v) is 1.19. The molecule has 5 heteroatoms. The van der Waals surface area contributed by atoms with E-state index in [1.165, 1.54) is 0 Å². The molecular formula is C9H13N3O2. The Morgan fingerprint density at radius 2 is 1.86 bits per heavy atom. The van der Waals surface area contributed by atoms with Crippen molar-refractivity contribution in [2.45, 2.75) is 33.1 Å². The highest BCUT2D eigenvalue weighted by atomic mass is 16.4. The lowest BCUT2D eigenvalue weighted by Gasteiger charge is -2.03. The number of rotatable bonds is 4. The van der Waals surface area contributed by atoms with Crippen molar-refractivity contribution in [1.29, 1.82) is 0 Å². The second-order valence-corrected chi connectivity index (χ2v) is 2.90. The molecular weight excluding hydrogens is 182 g/mol. The molecule has 1 aromatic heterocycles. The summed E-state index contributed by atoms with van der Waals surface area (Å²) in [4.78, 5) is 14.6. The Kier molecular flexibility index (Phi) is 3.50. The van der Waals surface area contributed by atoms with Gasteiger partial charge in [-0.05, 0) is 12.8 Å². The maximum absolute atomic E-state index is 10.4. The van der Waals surface area contributed by atoms with E-state index in [9.17, 15) is 4.79 Å². The summed E-state index contributed by atoms with van der Waals surface area (Å²) < 4.78 is 0. The van der Waals surface area contributed by atoms with Crippen LogP contribution in [0.3, 0.4) is 0 Å². The van der Waals surface area contributed by atoms with Crippen LogP contribution in [0.15, 0.2) is 0 Å². The number of aryl methyl sites for hydroxylation is 2. The zero-order valence-electron chi connectivity index (χ0n) is 8.32. The zero-order chi connectivity index (χ0) is 10.6. The predicted molar refractivity (Wildman–Crippen MR) is 49.9 cm³/mol. The van der Waals surface area contributed by atoms with Crippen molar-refractivity contribution in [3.8, 4) is 0 Å². The molecule has 0 unspecified atom stereocenters. The molecule has 0 spiro atoms. The normalized spacial score (nSPS) is 10.1. The van der Waals surface area contributed by atoms with Crippen molar-refractivity contribution in [1.82, 2.24) is 15.2 Å². The monoisotopic (exact) mass is 195 g/mol. The molecule has 5 nitrogen and oxygen atoms in total. The van der Waals surface area contributed by atoms with E-state index in [4.69, 9.17) is 5.11 Å².